The van der Waals surface area contributed by atoms with Crippen LogP contribution in [0.15, 0.2) is 65.3 Å². The lowest BCUT2D eigenvalue weighted by atomic mass is 9.95. The van der Waals surface area contributed by atoms with Crippen molar-refractivity contribution in [2.75, 3.05) is 17.7 Å². The number of carbonyl (C=O) groups excluding carboxylic acids is 1. The van der Waals surface area contributed by atoms with Gasteiger partial charge in [-0.25, -0.2) is 4.98 Å². The first-order chi connectivity index (χ1) is 15.5. The molecule has 1 amide bonds. The highest BCUT2D eigenvalue weighted by Crippen LogP contribution is 2.43. The molecule has 2 N–H and O–H groups in total. The molecular weight excluding hydrogens is 422 g/mol. The maximum Gasteiger partial charge on any atom is 0.291 e. The highest BCUT2D eigenvalue weighted by atomic mass is 32.1. The average molecular weight is 448 g/mol. The molecular formula is C25H25N3O3S. The SMILES string of the molecule is COc1ccccc1C(Nc1cccc(C)n1)c1c(NC(=O)c2ccco2)sc(C)c1C. The van der Waals surface area contributed by atoms with Crippen molar-refractivity contribution in [3.63, 3.8) is 0 Å². The van der Waals surface area contributed by atoms with Gasteiger partial charge in [0.1, 0.15) is 16.6 Å². The zero-order valence-corrected chi connectivity index (χ0v) is 19.2. The number of ether oxygens (including phenoxy) is 1. The van der Waals surface area contributed by atoms with Gasteiger partial charge in [0, 0.05) is 21.7 Å². The number of benzene rings is 1. The fourth-order valence-electron chi connectivity index (χ4n) is 3.64. The Morgan fingerprint density at radius 2 is 1.88 bits per heavy atom. The van der Waals surface area contributed by atoms with E-state index in [0.717, 1.165) is 43.8 Å². The van der Waals surface area contributed by atoms with Crippen LogP contribution in [0.1, 0.15) is 43.9 Å². The van der Waals surface area contributed by atoms with E-state index in [4.69, 9.17) is 9.15 Å². The molecule has 0 aliphatic heterocycles. The normalized spacial score (nSPS) is 11.8. The van der Waals surface area contributed by atoms with Crippen LogP contribution in [-0.2, 0) is 0 Å². The minimum atomic E-state index is -0.294. The number of aromatic nitrogens is 1. The Kier molecular flexibility index (Phi) is 6.28. The minimum Gasteiger partial charge on any atom is -0.496 e. The van der Waals surface area contributed by atoms with E-state index in [0.29, 0.717) is 0 Å². The topological polar surface area (TPSA) is 76.4 Å². The van der Waals surface area contributed by atoms with Crippen molar-refractivity contribution in [2.45, 2.75) is 26.8 Å². The molecule has 0 radical (unpaired) electrons. The van der Waals surface area contributed by atoms with E-state index in [1.165, 1.54) is 6.26 Å². The van der Waals surface area contributed by atoms with Crippen molar-refractivity contribution in [1.29, 1.82) is 0 Å². The van der Waals surface area contributed by atoms with Crippen molar-refractivity contribution in [3.05, 3.63) is 93.9 Å². The number of para-hydroxylation sites is 1. The standard InChI is InChI=1S/C25H25N3O3S/c1-15-9-7-13-21(26-15)27-23(18-10-5-6-11-19(18)30-4)22-16(2)17(3)32-25(22)28-24(29)20-12-8-14-31-20/h5-14,23H,1-4H3,(H,26,27)(H,28,29). The number of amides is 1. The number of hydrogen-bond donors (Lipinski definition) is 2. The van der Waals surface area contributed by atoms with E-state index in [9.17, 15) is 4.79 Å². The van der Waals surface area contributed by atoms with Crippen molar-refractivity contribution >= 4 is 28.1 Å². The second-order valence-electron chi connectivity index (χ2n) is 7.44. The smallest absolute Gasteiger partial charge is 0.291 e. The number of nitrogens with zero attached hydrogens (tertiary/aromatic N) is 1. The number of furan rings is 1. The van der Waals surface area contributed by atoms with E-state index in [2.05, 4.69) is 29.5 Å². The molecule has 3 heterocycles. The number of thiophene rings is 1. The minimum absolute atomic E-state index is 0.266. The Morgan fingerprint density at radius 1 is 1.06 bits per heavy atom. The van der Waals surface area contributed by atoms with E-state index in [1.54, 1.807) is 30.6 Å². The van der Waals surface area contributed by atoms with Gasteiger partial charge in [-0.2, -0.15) is 0 Å². The molecule has 4 aromatic rings. The molecule has 1 unspecified atom stereocenters. The van der Waals surface area contributed by atoms with Gasteiger partial charge in [-0.3, -0.25) is 4.79 Å². The molecule has 4 rings (SSSR count). The predicted octanol–water partition coefficient (Wildman–Crippen LogP) is 6.12. The molecule has 0 saturated heterocycles. The number of methoxy groups -OCH3 is 1. The summed E-state index contributed by atoms with van der Waals surface area (Å²) in [6, 6.07) is 16.8. The Balaban J connectivity index is 1.83. The number of nitrogens with one attached hydrogen (secondary N) is 2. The molecule has 32 heavy (non-hydrogen) atoms. The third-order valence-corrected chi connectivity index (χ3v) is 6.46. The Hall–Kier alpha value is -3.58. The second kappa shape index (κ2) is 9.28. The molecule has 0 aliphatic carbocycles. The van der Waals surface area contributed by atoms with Crippen LogP contribution in [-0.4, -0.2) is 18.0 Å². The fraction of sp³-hybridized carbons (Fsp3) is 0.200. The maximum atomic E-state index is 12.8. The average Bonchev–Trinajstić information content (AvgIpc) is 3.41. The van der Waals surface area contributed by atoms with Crippen LogP contribution in [0.25, 0.3) is 0 Å². The van der Waals surface area contributed by atoms with Gasteiger partial charge >= 0.3 is 0 Å². The molecule has 0 saturated carbocycles. The highest BCUT2D eigenvalue weighted by molar-refractivity contribution is 7.16. The number of aryl methyl sites for hydroxylation is 2. The summed E-state index contributed by atoms with van der Waals surface area (Å²) in [6.07, 6.45) is 1.49. The summed E-state index contributed by atoms with van der Waals surface area (Å²) in [4.78, 5) is 18.5. The van der Waals surface area contributed by atoms with Gasteiger partial charge in [-0.1, -0.05) is 24.3 Å². The first-order valence-electron chi connectivity index (χ1n) is 10.3. The summed E-state index contributed by atoms with van der Waals surface area (Å²) in [5.74, 6) is 1.48. The number of rotatable bonds is 7. The summed E-state index contributed by atoms with van der Waals surface area (Å²) < 4.78 is 11.0. The lowest BCUT2D eigenvalue weighted by Gasteiger charge is -2.24. The summed E-state index contributed by atoms with van der Waals surface area (Å²) in [6.45, 7) is 6.08. The molecule has 6 nitrogen and oxygen atoms in total. The van der Waals surface area contributed by atoms with E-state index < -0.39 is 0 Å². The van der Waals surface area contributed by atoms with Crippen LogP contribution >= 0.6 is 11.3 Å². The Morgan fingerprint density at radius 3 is 2.59 bits per heavy atom. The van der Waals surface area contributed by atoms with Crippen molar-refractivity contribution in [2.24, 2.45) is 0 Å². The Bertz CT molecular complexity index is 1230. The zero-order valence-electron chi connectivity index (χ0n) is 18.4. The quantitative estimate of drug-likeness (QED) is 0.357. The molecule has 3 aromatic heterocycles. The monoisotopic (exact) mass is 447 g/mol. The van der Waals surface area contributed by atoms with Crippen molar-refractivity contribution in [3.8, 4) is 5.75 Å². The van der Waals surface area contributed by atoms with Gasteiger partial charge in [-0.05, 0) is 56.7 Å². The number of carbonyl (C=O) groups is 1. The van der Waals surface area contributed by atoms with Crippen LogP contribution in [0.5, 0.6) is 5.75 Å². The molecule has 164 valence electrons. The zero-order chi connectivity index (χ0) is 22.7. The molecule has 0 fully saturated rings. The van der Waals surface area contributed by atoms with Gasteiger partial charge in [0.25, 0.3) is 5.91 Å². The number of pyridine rings is 1. The van der Waals surface area contributed by atoms with Crippen LogP contribution in [0.3, 0.4) is 0 Å². The van der Waals surface area contributed by atoms with Crippen LogP contribution in [0, 0.1) is 20.8 Å². The fourth-order valence-corrected chi connectivity index (χ4v) is 4.73. The lowest BCUT2D eigenvalue weighted by molar-refractivity contribution is 0.0997. The van der Waals surface area contributed by atoms with Crippen LogP contribution in [0.2, 0.25) is 0 Å². The molecule has 1 atom stereocenters. The summed E-state index contributed by atoms with van der Waals surface area (Å²) in [5, 5.41) is 7.38. The summed E-state index contributed by atoms with van der Waals surface area (Å²) >= 11 is 1.54. The molecule has 0 aliphatic rings. The van der Waals surface area contributed by atoms with Crippen molar-refractivity contribution in [1.82, 2.24) is 4.98 Å². The first kappa shape index (κ1) is 21.6. The van der Waals surface area contributed by atoms with Crippen LogP contribution < -0.4 is 15.4 Å². The number of hydrogen-bond acceptors (Lipinski definition) is 6. The highest BCUT2D eigenvalue weighted by Gasteiger charge is 2.27. The second-order valence-corrected chi connectivity index (χ2v) is 8.67. The van der Waals surface area contributed by atoms with Gasteiger partial charge in [0.15, 0.2) is 5.76 Å². The van der Waals surface area contributed by atoms with Gasteiger partial charge in [0.2, 0.25) is 0 Å². The first-order valence-corrected chi connectivity index (χ1v) is 11.1. The lowest BCUT2D eigenvalue weighted by Crippen LogP contribution is -2.18. The maximum absolute atomic E-state index is 12.8. The largest absolute Gasteiger partial charge is 0.496 e. The number of anilines is 2. The molecule has 0 bridgehead atoms. The molecule has 7 heteroatoms. The molecule has 0 spiro atoms. The summed E-state index contributed by atoms with van der Waals surface area (Å²) in [7, 11) is 1.66. The van der Waals surface area contributed by atoms with Gasteiger partial charge in [0.05, 0.1) is 19.4 Å². The third-order valence-electron chi connectivity index (χ3n) is 5.32. The van der Waals surface area contributed by atoms with E-state index >= 15 is 0 Å². The van der Waals surface area contributed by atoms with Crippen LogP contribution in [0.4, 0.5) is 10.8 Å². The third kappa shape index (κ3) is 4.38. The van der Waals surface area contributed by atoms with E-state index in [1.807, 2.05) is 49.4 Å². The van der Waals surface area contributed by atoms with E-state index in [-0.39, 0.29) is 17.7 Å². The van der Waals surface area contributed by atoms with Gasteiger partial charge in [-0.15, -0.1) is 11.3 Å². The Labute approximate surface area is 191 Å². The summed E-state index contributed by atoms with van der Waals surface area (Å²) in [5.41, 5.74) is 3.94. The molecule has 1 aromatic carbocycles. The van der Waals surface area contributed by atoms with Gasteiger partial charge < -0.3 is 19.8 Å². The predicted molar refractivity (Wildman–Crippen MR) is 128 cm³/mol. The van der Waals surface area contributed by atoms with Crippen molar-refractivity contribution < 1.29 is 13.9 Å².